The minimum atomic E-state index is -1.79. The summed E-state index contributed by atoms with van der Waals surface area (Å²) in [6, 6.07) is -14.7. The van der Waals surface area contributed by atoms with Crippen LogP contribution in [-0.4, -0.2) is 175 Å². The molecule has 0 fully saturated rings. The molecule has 0 heterocycles. The summed E-state index contributed by atoms with van der Waals surface area (Å²) < 4.78 is 0. The smallest absolute Gasteiger partial charge is 0.325 e. The zero-order chi connectivity index (χ0) is 56.3. The van der Waals surface area contributed by atoms with Crippen LogP contribution in [-0.2, 0) is 67.1 Å². The fraction of sp³-hybridized carbons (Fsp3) is 0.634. The summed E-state index contributed by atoms with van der Waals surface area (Å²) >= 11 is 0. The van der Waals surface area contributed by atoms with Crippen molar-refractivity contribution in [2.24, 2.45) is 33.8 Å². The van der Waals surface area contributed by atoms with Gasteiger partial charge in [0.15, 0.2) is 5.96 Å². The summed E-state index contributed by atoms with van der Waals surface area (Å²) in [5.74, 6) is -18.2. The molecule has 0 spiro atoms. The maximum atomic E-state index is 13.9. The quantitative estimate of drug-likeness (QED) is 0.0158. The van der Waals surface area contributed by atoms with E-state index in [1.54, 1.807) is 0 Å². The second kappa shape index (κ2) is 32.6. The number of nitrogens with zero attached hydrogens (tertiary/aromatic N) is 1. The van der Waals surface area contributed by atoms with Gasteiger partial charge in [-0.1, -0.05) is 13.8 Å². The maximum Gasteiger partial charge on any atom is 0.325 e. The van der Waals surface area contributed by atoms with Gasteiger partial charge < -0.3 is 91.0 Å². The highest BCUT2D eigenvalue weighted by atomic mass is 16.4. The highest BCUT2D eigenvalue weighted by molar-refractivity contribution is 5.98. The SMILES string of the molecule is CC(C)[C@H](NC(=O)[C@@H](N)CC(=O)O)C(=O)N[C@@H](CCC(=O)O)C(=O)N[C@@H](CCCN=C(N)N)C(=O)N[C@@H](CCC(=O)O)C(=O)N[C@@H](C)C(=O)N[C@@H](CCC(N)=O)C(=O)N[C@@H](CCC(=O)O)C(=O)N[C@@H](C)C(=O)O. The van der Waals surface area contributed by atoms with Gasteiger partial charge in [0.2, 0.25) is 53.2 Å². The van der Waals surface area contributed by atoms with Crippen LogP contribution < -0.4 is 65.5 Å². The molecule has 0 aliphatic rings. The van der Waals surface area contributed by atoms with Crippen LogP contribution in [0.4, 0.5) is 0 Å². The van der Waals surface area contributed by atoms with Crippen molar-refractivity contribution in [3.05, 3.63) is 0 Å². The number of carboxylic acid groups (broad SMARTS) is 5. The van der Waals surface area contributed by atoms with E-state index in [0.717, 1.165) is 13.8 Å². The number of aliphatic carboxylic acids is 5. The number of primary amides is 1. The first-order valence-electron chi connectivity index (χ1n) is 22.5. The van der Waals surface area contributed by atoms with E-state index >= 15 is 0 Å². The summed E-state index contributed by atoms with van der Waals surface area (Å²) in [4.78, 5) is 180. The predicted octanol–water partition coefficient (Wildman–Crippen LogP) is -6.64. The Bertz CT molecular complexity index is 2070. The largest absolute Gasteiger partial charge is 0.481 e. The van der Waals surface area contributed by atoms with Crippen LogP contribution in [0.2, 0.25) is 0 Å². The molecule has 410 valence electrons. The average molecular weight is 1050 g/mol. The van der Waals surface area contributed by atoms with Gasteiger partial charge in [0.1, 0.15) is 48.3 Å². The van der Waals surface area contributed by atoms with Crippen LogP contribution >= 0.6 is 0 Å². The molecule has 0 saturated carbocycles. The molecule has 32 heteroatoms. The Morgan fingerprint density at radius 1 is 0.425 bits per heavy atom. The van der Waals surface area contributed by atoms with Crippen LogP contribution in [0.5, 0.6) is 0 Å². The highest BCUT2D eigenvalue weighted by Gasteiger charge is 2.35. The van der Waals surface area contributed by atoms with Gasteiger partial charge in [0.25, 0.3) is 0 Å². The Labute approximate surface area is 416 Å². The van der Waals surface area contributed by atoms with E-state index in [2.05, 4.69) is 47.5 Å². The molecule has 0 aromatic carbocycles. The Morgan fingerprint density at radius 3 is 1.14 bits per heavy atom. The zero-order valence-corrected chi connectivity index (χ0v) is 40.5. The van der Waals surface area contributed by atoms with Gasteiger partial charge in [0, 0.05) is 32.2 Å². The molecule has 32 nitrogen and oxygen atoms in total. The number of carbonyl (C=O) groups is 14. The summed E-state index contributed by atoms with van der Waals surface area (Å²) in [5.41, 5.74) is 21.6. The lowest BCUT2D eigenvalue weighted by molar-refractivity contribution is -0.142. The van der Waals surface area contributed by atoms with E-state index in [1.165, 1.54) is 13.8 Å². The van der Waals surface area contributed by atoms with Crippen molar-refractivity contribution in [1.82, 2.24) is 42.5 Å². The third-order valence-electron chi connectivity index (χ3n) is 10.2. The molecule has 0 radical (unpaired) electrons. The van der Waals surface area contributed by atoms with Crippen molar-refractivity contribution < 1.29 is 92.7 Å². The lowest BCUT2D eigenvalue weighted by atomic mass is 10.0. The molecule has 21 N–H and O–H groups in total. The predicted molar refractivity (Wildman–Crippen MR) is 248 cm³/mol. The first-order chi connectivity index (χ1) is 33.9. The minimum Gasteiger partial charge on any atom is -0.481 e. The molecule has 0 aliphatic heterocycles. The Balaban J connectivity index is 6.71. The molecule has 0 aromatic rings. The highest BCUT2D eigenvalue weighted by Crippen LogP contribution is 2.10. The Hall–Kier alpha value is -8.19. The second-order valence-corrected chi connectivity index (χ2v) is 16.8. The monoisotopic (exact) mass is 1050 g/mol. The summed E-state index contributed by atoms with van der Waals surface area (Å²) in [5, 5.41) is 64.2. The van der Waals surface area contributed by atoms with Crippen LogP contribution in [0.15, 0.2) is 4.99 Å². The van der Waals surface area contributed by atoms with Crippen LogP contribution in [0.1, 0.15) is 98.3 Å². The third-order valence-corrected chi connectivity index (χ3v) is 10.2. The topological polar surface area (TPSA) is 553 Å². The molecule has 0 saturated heterocycles. The van der Waals surface area contributed by atoms with Gasteiger partial charge in [-0.15, -0.1) is 0 Å². The van der Waals surface area contributed by atoms with Crippen molar-refractivity contribution in [1.29, 1.82) is 0 Å². The van der Waals surface area contributed by atoms with Crippen LogP contribution in [0.25, 0.3) is 0 Å². The number of carboxylic acids is 5. The summed E-state index contributed by atoms with van der Waals surface area (Å²) in [6.07, 6.45) is -6.19. The number of hydrogen-bond donors (Lipinski definition) is 17. The molecule has 0 aliphatic carbocycles. The van der Waals surface area contributed by atoms with Gasteiger partial charge in [-0.2, -0.15) is 0 Å². The minimum absolute atomic E-state index is 0.0550. The average Bonchev–Trinajstić information content (AvgIpc) is 3.27. The van der Waals surface area contributed by atoms with E-state index in [0.29, 0.717) is 0 Å². The van der Waals surface area contributed by atoms with E-state index < -0.39 is 201 Å². The van der Waals surface area contributed by atoms with Crippen molar-refractivity contribution >= 4 is 89.0 Å². The van der Waals surface area contributed by atoms with Gasteiger partial charge in [-0.3, -0.25) is 72.1 Å². The second-order valence-electron chi connectivity index (χ2n) is 16.8. The summed E-state index contributed by atoms with van der Waals surface area (Å²) in [7, 11) is 0. The molecule has 9 amide bonds. The Morgan fingerprint density at radius 2 is 0.781 bits per heavy atom. The number of aliphatic imine (C=N–C) groups is 1. The van der Waals surface area contributed by atoms with Crippen LogP contribution in [0.3, 0.4) is 0 Å². The van der Waals surface area contributed by atoms with Gasteiger partial charge in [-0.05, 0) is 58.3 Å². The van der Waals surface area contributed by atoms with Crippen LogP contribution in [0, 0.1) is 5.92 Å². The van der Waals surface area contributed by atoms with Crippen molar-refractivity contribution in [2.45, 2.75) is 153 Å². The normalized spacial score (nSPS) is 14.5. The molecular formula is C41H67N13O19. The lowest BCUT2D eigenvalue weighted by Crippen LogP contribution is -2.60. The maximum absolute atomic E-state index is 13.9. The molecule has 0 unspecified atom stereocenters. The van der Waals surface area contributed by atoms with E-state index in [1.807, 2.05) is 0 Å². The fourth-order valence-corrected chi connectivity index (χ4v) is 6.14. The molecule has 0 rings (SSSR count). The van der Waals surface area contributed by atoms with E-state index in [9.17, 15) is 82.4 Å². The molecular weight excluding hydrogens is 979 g/mol. The fourth-order valence-electron chi connectivity index (χ4n) is 6.14. The number of rotatable bonds is 36. The van der Waals surface area contributed by atoms with E-state index in [-0.39, 0.29) is 25.3 Å². The number of amides is 9. The molecule has 73 heavy (non-hydrogen) atoms. The van der Waals surface area contributed by atoms with Crippen molar-refractivity contribution in [3.63, 3.8) is 0 Å². The number of carbonyl (C=O) groups excluding carboxylic acids is 9. The number of nitrogens with two attached hydrogens (primary N) is 4. The number of nitrogens with one attached hydrogen (secondary N) is 8. The zero-order valence-electron chi connectivity index (χ0n) is 40.5. The van der Waals surface area contributed by atoms with Gasteiger partial charge >= 0.3 is 29.8 Å². The van der Waals surface area contributed by atoms with E-state index in [4.69, 9.17) is 33.1 Å². The number of guanidine groups is 1. The summed E-state index contributed by atoms with van der Waals surface area (Å²) in [6.45, 7) is 4.99. The van der Waals surface area contributed by atoms with Gasteiger partial charge in [0.05, 0.1) is 12.5 Å². The first kappa shape index (κ1) is 64.8. The first-order valence-corrected chi connectivity index (χ1v) is 22.5. The van der Waals surface area contributed by atoms with Gasteiger partial charge in [-0.25, -0.2) is 0 Å². The molecule has 9 atom stereocenters. The van der Waals surface area contributed by atoms with Crippen molar-refractivity contribution in [2.75, 3.05) is 6.54 Å². The number of hydrogen-bond acceptors (Lipinski definition) is 16. The Kier molecular flexibility index (Phi) is 29.0. The van der Waals surface area contributed by atoms with Crippen molar-refractivity contribution in [3.8, 4) is 0 Å². The lowest BCUT2D eigenvalue weighted by Gasteiger charge is -2.28. The molecule has 0 aromatic heterocycles. The third kappa shape index (κ3) is 27.1. The standard InChI is InChI=1S/C41H67N13O19/c1-17(2)31(54-33(65)20(42)16-30(62)63)39(71)53-25(10-14-29(60)61)38(70)50-21(6-5-15-46-41(44)45)36(68)51-23(8-12-27(56)57)34(66)47-18(3)32(64)49-22(7-11-26(43)55)37(69)52-24(9-13-28(58)59)35(67)48-19(4)40(72)73/h17-25,31H,5-16,42H2,1-4H3,(H2,43,55)(H,47,66)(H,48,67)(H,49,64)(H,50,70)(H,51,68)(H,52,69)(H,53,71)(H,54,65)(H,56,57)(H,58,59)(H,60,61)(H,62,63)(H,72,73)(H4,44,45,46)/t18-,19-,20-,21-,22-,23-,24-,25-,31-/m0/s1. The molecule has 0 bridgehead atoms.